The SMILES string of the molecule is Cc1c(C)c(-n2cnnc2)c(C)c(C)c1Cn1cnnc1. The minimum absolute atomic E-state index is 0.787. The zero-order valence-corrected chi connectivity index (χ0v) is 12.7. The molecule has 0 saturated heterocycles. The topological polar surface area (TPSA) is 61.4 Å². The number of aromatic nitrogens is 6. The molecular weight excluding hydrogens is 264 g/mol. The Hall–Kier alpha value is -2.50. The molecule has 6 nitrogen and oxygen atoms in total. The fourth-order valence-electron chi connectivity index (χ4n) is 2.80. The van der Waals surface area contributed by atoms with Gasteiger partial charge in [0.2, 0.25) is 0 Å². The number of nitrogens with zero attached hydrogens (tertiary/aromatic N) is 6. The molecule has 0 amide bonds. The van der Waals surface area contributed by atoms with Crippen molar-refractivity contribution in [3.63, 3.8) is 0 Å². The van der Waals surface area contributed by atoms with Gasteiger partial charge in [-0.15, -0.1) is 20.4 Å². The van der Waals surface area contributed by atoms with Crippen LogP contribution < -0.4 is 0 Å². The van der Waals surface area contributed by atoms with E-state index in [1.165, 1.54) is 33.5 Å². The molecule has 0 aliphatic rings. The molecule has 0 aliphatic heterocycles. The highest BCUT2D eigenvalue weighted by Gasteiger charge is 2.16. The average molecular weight is 282 g/mol. The van der Waals surface area contributed by atoms with Crippen LogP contribution in [0.4, 0.5) is 0 Å². The van der Waals surface area contributed by atoms with Crippen LogP contribution in [0.15, 0.2) is 25.3 Å². The predicted octanol–water partition coefficient (Wildman–Crippen LogP) is 2.14. The van der Waals surface area contributed by atoms with Gasteiger partial charge < -0.3 is 4.57 Å². The van der Waals surface area contributed by atoms with Crippen molar-refractivity contribution in [3.8, 4) is 5.69 Å². The van der Waals surface area contributed by atoms with Gasteiger partial charge in [0.05, 0.1) is 12.2 Å². The summed E-state index contributed by atoms with van der Waals surface area (Å²) >= 11 is 0. The molecule has 0 atom stereocenters. The summed E-state index contributed by atoms with van der Waals surface area (Å²) in [6, 6.07) is 0. The lowest BCUT2D eigenvalue weighted by Crippen LogP contribution is -2.09. The van der Waals surface area contributed by atoms with Crippen LogP contribution in [0.1, 0.15) is 27.8 Å². The van der Waals surface area contributed by atoms with Gasteiger partial charge in [0.15, 0.2) is 0 Å². The van der Waals surface area contributed by atoms with Crippen molar-refractivity contribution in [3.05, 3.63) is 53.1 Å². The Kier molecular flexibility index (Phi) is 3.29. The number of rotatable bonds is 3. The molecule has 0 fully saturated rings. The van der Waals surface area contributed by atoms with Crippen LogP contribution in [0, 0.1) is 27.7 Å². The summed E-state index contributed by atoms with van der Waals surface area (Å²) in [6.07, 6.45) is 6.98. The van der Waals surface area contributed by atoms with Gasteiger partial charge in [-0.2, -0.15) is 0 Å². The third kappa shape index (κ3) is 2.22. The molecule has 0 spiro atoms. The van der Waals surface area contributed by atoms with Crippen molar-refractivity contribution in [2.75, 3.05) is 0 Å². The largest absolute Gasteiger partial charge is 0.316 e. The molecule has 3 aromatic rings. The lowest BCUT2D eigenvalue weighted by Gasteiger charge is -2.20. The van der Waals surface area contributed by atoms with Gasteiger partial charge in [-0.3, -0.25) is 4.57 Å². The fraction of sp³-hybridized carbons (Fsp3) is 0.333. The molecule has 0 radical (unpaired) electrons. The molecule has 0 N–H and O–H groups in total. The summed E-state index contributed by atoms with van der Waals surface area (Å²) in [7, 11) is 0. The third-order valence-electron chi connectivity index (χ3n) is 4.22. The van der Waals surface area contributed by atoms with Gasteiger partial charge in [0, 0.05) is 0 Å². The lowest BCUT2D eigenvalue weighted by molar-refractivity contribution is 0.779. The highest BCUT2D eigenvalue weighted by Crippen LogP contribution is 2.29. The first kappa shape index (κ1) is 13.5. The van der Waals surface area contributed by atoms with Gasteiger partial charge in [0.1, 0.15) is 25.3 Å². The summed E-state index contributed by atoms with van der Waals surface area (Å²) < 4.78 is 3.97. The van der Waals surface area contributed by atoms with Crippen LogP contribution in [-0.2, 0) is 6.54 Å². The van der Waals surface area contributed by atoms with E-state index < -0.39 is 0 Å². The maximum atomic E-state index is 3.92. The van der Waals surface area contributed by atoms with E-state index in [4.69, 9.17) is 0 Å². The van der Waals surface area contributed by atoms with E-state index in [2.05, 4.69) is 48.1 Å². The maximum Gasteiger partial charge on any atom is 0.123 e. The van der Waals surface area contributed by atoms with Crippen LogP contribution in [0.25, 0.3) is 5.69 Å². The van der Waals surface area contributed by atoms with E-state index in [1.807, 2.05) is 9.13 Å². The summed E-state index contributed by atoms with van der Waals surface area (Å²) in [5.74, 6) is 0. The second-order valence-electron chi connectivity index (χ2n) is 5.33. The first-order chi connectivity index (χ1) is 10.1. The van der Waals surface area contributed by atoms with Crippen molar-refractivity contribution in [1.29, 1.82) is 0 Å². The molecule has 108 valence electrons. The minimum atomic E-state index is 0.787. The van der Waals surface area contributed by atoms with Gasteiger partial charge in [0.25, 0.3) is 0 Å². The quantitative estimate of drug-likeness (QED) is 0.738. The molecule has 3 rings (SSSR count). The number of benzene rings is 1. The molecule has 2 heterocycles. The molecular formula is C15H18N6. The van der Waals surface area contributed by atoms with Crippen LogP contribution in [-0.4, -0.2) is 29.5 Å². The Bertz CT molecular complexity index is 727. The zero-order chi connectivity index (χ0) is 15.0. The van der Waals surface area contributed by atoms with Crippen molar-refractivity contribution < 1.29 is 0 Å². The average Bonchev–Trinajstić information content (AvgIpc) is 3.15. The molecule has 2 aromatic heterocycles. The van der Waals surface area contributed by atoms with Gasteiger partial charge in [-0.1, -0.05) is 0 Å². The smallest absolute Gasteiger partial charge is 0.123 e. The van der Waals surface area contributed by atoms with E-state index in [-0.39, 0.29) is 0 Å². The van der Waals surface area contributed by atoms with E-state index in [1.54, 1.807) is 25.3 Å². The summed E-state index contributed by atoms with van der Waals surface area (Å²) in [4.78, 5) is 0. The van der Waals surface area contributed by atoms with Crippen molar-refractivity contribution in [2.24, 2.45) is 0 Å². The van der Waals surface area contributed by atoms with E-state index >= 15 is 0 Å². The third-order valence-corrected chi connectivity index (χ3v) is 4.22. The van der Waals surface area contributed by atoms with Gasteiger partial charge in [-0.05, 0) is 55.5 Å². The van der Waals surface area contributed by atoms with E-state index in [0.29, 0.717) is 0 Å². The van der Waals surface area contributed by atoms with Gasteiger partial charge >= 0.3 is 0 Å². The van der Waals surface area contributed by atoms with E-state index in [0.717, 1.165) is 6.54 Å². The first-order valence-electron chi connectivity index (χ1n) is 6.86. The summed E-state index contributed by atoms with van der Waals surface area (Å²) in [5.41, 5.74) is 7.57. The molecule has 1 aromatic carbocycles. The lowest BCUT2D eigenvalue weighted by atomic mass is 9.92. The van der Waals surface area contributed by atoms with Crippen molar-refractivity contribution in [2.45, 2.75) is 34.2 Å². The van der Waals surface area contributed by atoms with Crippen molar-refractivity contribution >= 4 is 0 Å². The second-order valence-corrected chi connectivity index (χ2v) is 5.33. The molecule has 0 saturated carbocycles. The Morgan fingerprint density at radius 2 is 1.19 bits per heavy atom. The van der Waals surface area contributed by atoms with Crippen LogP contribution in [0.2, 0.25) is 0 Å². The Morgan fingerprint density at radius 3 is 1.71 bits per heavy atom. The van der Waals surface area contributed by atoms with Gasteiger partial charge in [-0.25, -0.2) is 0 Å². The highest BCUT2D eigenvalue weighted by atomic mass is 15.2. The first-order valence-corrected chi connectivity index (χ1v) is 6.86. The fourth-order valence-corrected chi connectivity index (χ4v) is 2.80. The minimum Gasteiger partial charge on any atom is -0.316 e. The summed E-state index contributed by atoms with van der Waals surface area (Å²) in [5, 5.41) is 15.6. The van der Waals surface area contributed by atoms with Crippen LogP contribution in [0.3, 0.4) is 0 Å². The molecule has 0 aliphatic carbocycles. The van der Waals surface area contributed by atoms with E-state index in [9.17, 15) is 0 Å². The van der Waals surface area contributed by atoms with Crippen molar-refractivity contribution in [1.82, 2.24) is 29.5 Å². The predicted molar refractivity (Wildman–Crippen MR) is 79.4 cm³/mol. The molecule has 0 bridgehead atoms. The Morgan fingerprint density at radius 1 is 0.714 bits per heavy atom. The number of hydrogen-bond donors (Lipinski definition) is 0. The summed E-state index contributed by atoms with van der Waals surface area (Å²) in [6.45, 7) is 9.40. The Balaban J connectivity index is 2.16. The highest BCUT2D eigenvalue weighted by molar-refractivity contribution is 5.58. The Labute approximate surface area is 123 Å². The molecule has 0 unspecified atom stereocenters. The second kappa shape index (κ2) is 5.12. The van der Waals surface area contributed by atoms with Crippen LogP contribution in [0.5, 0.6) is 0 Å². The zero-order valence-electron chi connectivity index (χ0n) is 12.7. The molecule has 6 heteroatoms. The monoisotopic (exact) mass is 282 g/mol. The number of hydrogen-bond acceptors (Lipinski definition) is 4. The van der Waals surface area contributed by atoms with Crippen LogP contribution >= 0.6 is 0 Å². The standard InChI is InChI=1S/C15H18N6/c1-10-12(3)15(21-8-18-19-9-21)13(4)11(2)14(10)5-20-6-16-17-7-20/h6-9H,5H2,1-4H3. The normalized spacial score (nSPS) is 11.0. The maximum absolute atomic E-state index is 3.92. The molecule has 21 heavy (non-hydrogen) atoms.